The van der Waals surface area contributed by atoms with Gasteiger partial charge in [-0.25, -0.2) is 9.67 Å². The summed E-state index contributed by atoms with van der Waals surface area (Å²) < 4.78 is 4.46. The topological polar surface area (TPSA) is 63.7 Å². The second kappa shape index (κ2) is 8.97. The highest BCUT2D eigenvalue weighted by Crippen LogP contribution is 2.64. The first-order chi connectivity index (χ1) is 16.7. The number of hydrogen-bond donors (Lipinski definition) is 0. The Labute approximate surface area is 213 Å². The summed E-state index contributed by atoms with van der Waals surface area (Å²) in [5.74, 6) is 0.847. The molecule has 1 aromatic heterocycles. The smallest absolute Gasteiger partial charge is 0.160 e. The number of aliphatic imine (C=N–C) groups is 1. The minimum Gasteiger partial charge on any atom is -0.346 e. The molecule has 1 atom stereocenters. The van der Waals surface area contributed by atoms with Crippen molar-refractivity contribution in [3.8, 4) is 6.07 Å². The highest BCUT2D eigenvalue weighted by Gasteiger charge is 2.47. The largest absolute Gasteiger partial charge is 0.346 e. The summed E-state index contributed by atoms with van der Waals surface area (Å²) in [6.45, 7) is 14.4. The number of para-hydroxylation sites is 1. The number of allylic oxidation sites excluding steroid dienone is 2. The standard InChI is InChI=1S/C26H34N7PS/c1-6-31-14-16-32(17-15-31)34(35)22(18-28-25-23(34)19(2)29-33(25)13-9-12-27)24-26(3,4)20-10-7-8-11-21(20)30(24)5/h7-8,10-11,18H,6,9,13-17H2,1-5H3/b24-22-. The fourth-order valence-corrected chi connectivity index (χ4v) is 10.9. The molecule has 0 radical (unpaired) electrons. The third-order valence-electron chi connectivity index (χ3n) is 7.75. The van der Waals surface area contributed by atoms with E-state index in [1.165, 1.54) is 22.3 Å². The van der Waals surface area contributed by atoms with Crippen LogP contribution in [-0.2, 0) is 23.8 Å². The van der Waals surface area contributed by atoms with Crippen molar-refractivity contribution in [1.29, 1.82) is 5.26 Å². The monoisotopic (exact) mass is 507 g/mol. The first-order valence-electron chi connectivity index (χ1n) is 12.4. The summed E-state index contributed by atoms with van der Waals surface area (Å²) in [6, 6.07) is 10.9. The van der Waals surface area contributed by atoms with E-state index in [0.29, 0.717) is 13.0 Å². The lowest BCUT2D eigenvalue weighted by Gasteiger charge is -2.44. The SMILES string of the molecule is CCN1CCN(P2(=S)/C(=C3\N(C)c4ccccc4C3(C)C)C=Nc3c2c(C)nn3CCC#N)CC1. The Hall–Kier alpha value is -2.30. The van der Waals surface area contributed by atoms with Gasteiger partial charge in [0, 0.05) is 61.6 Å². The molecule has 0 amide bonds. The van der Waals surface area contributed by atoms with Gasteiger partial charge in [-0.15, -0.1) is 0 Å². The molecule has 3 aliphatic heterocycles. The number of nitrogens with zero attached hydrogens (tertiary/aromatic N) is 7. The first kappa shape index (κ1) is 24.4. The Kier molecular flexibility index (Phi) is 6.26. The average molecular weight is 508 g/mol. The Morgan fingerprint density at radius 3 is 2.54 bits per heavy atom. The average Bonchev–Trinajstić information content (AvgIpc) is 3.29. The van der Waals surface area contributed by atoms with Crippen LogP contribution in [0.25, 0.3) is 0 Å². The second-order valence-electron chi connectivity index (χ2n) is 10.0. The van der Waals surface area contributed by atoms with E-state index < -0.39 is 6.19 Å². The number of rotatable bonds is 4. The van der Waals surface area contributed by atoms with Crippen LogP contribution in [0.4, 0.5) is 11.5 Å². The highest BCUT2D eigenvalue weighted by molar-refractivity contribution is 8.19. The van der Waals surface area contributed by atoms with Gasteiger partial charge < -0.3 is 9.80 Å². The van der Waals surface area contributed by atoms with E-state index >= 15 is 0 Å². The van der Waals surface area contributed by atoms with Crippen LogP contribution in [0.15, 0.2) is 40.3 Å². The van der Waals surface area contributed by atoms with Gasteiger partial charge in [-0.3, -0.25) is 4.67 Å². The molecule has 1 saturated heterocycles. The lowest BCUT2D eigenvalue weighted by atomic mass is 9.84. The summed E-state index contributed by atoms with van der Waals surface area (Å²) >= 11 is 6.87. The molecule has 0 bridgehead atoms. The van der Waals surface area contributed by atoms with E-state index in [-0.39, 0.29) is 5.41 Å². The molecule has 1 aromatic carbocycles. The van der Waals surface area contributed by atoms with Crippen molar-refractivity contribution in [2.45, 2.75) is 46.1 Å². The third kappa shape index (κ3) is 3.64. The van der Waals surface area contributed by atoms with Crippen LogP contribution in [-0.4, -0.2) is 65.3 Å². The Morgan fingerprint density at radius 1 is 1.17 bits per heavy atom. The van der Waals surface area contributed by atoms with E-state index in [1.54, 1.807) is 0 Å². The molecule has 1 fully saturated rings. The van der Waals surface area contributed by atoms with Crippen molar-refractivity contribution >= 4 is 41.0 Å². The summed E-state index contributed by atoms with van der Waals surface area (Å²) in [5, 5.41) is 16.3. The van der Waals surface area contributed by atoms with Crippen LogP contribution >= 0.6 is 6.19 Å². The molecule has 0 spiro atoms. The van der Waals surface area contributed by atoms with Gasteiger partial charge in [0.15, 0.2) is 5.82 Å². The van der Waals surface area contributed by atoms with Crippen LogP contribution in [0.5, 0.6) is 0 Å². The van der Waals surface area contributed by atoms with Crippen molar-refractivity contribution in [2.24, 2.45) is 4.99 Å². The molecule has 0 aliphatic carbocycles. The Morgan fingerprint density at radius 2 is 1.89 bits per heavy atom. The summed E-state index contributed by atoms with van der Waals surface area (Å²) in [4.78, 5) is 9.81. The zero-order valence-electron chi connectivity index (χ0n) is 21.3. The predicted molar refractivity (Wildman–Crippen MR) is 148 cm³/mol. The lowest BCUT2D eigenvalue weighted by Crippen LogP contribution is -2.46. The maximum atomic E-state index is 9.18. The predicted octanol–water partition coefficient (Wildman–Crippen LogP) is 4.12. The molecule has 184 valence electrons. The van der Waals surface area contributed by atoms with Crippen molar-refractivity contribution in [1.82, 2.24) is 19.4 Å². The zero-order valence-corrected chi connectivity index (χ0v) is 23.0. The summed E-state index contributed by atoms with van der Waals surface area (Å²) in [5.41, 5.74) is 4.56. The van der Waals surface area contributed by atoms with Crippen molar-refractivity contribution in [3.05, 3.63) is 46.5 Å². The fraction of sp³-hybridized carbons (Fsp3) is 0.500. The number of aromatic nitrogens is 2. The molecular weight excluding hydrogens is 473 g/mol. The maximum absolute atomic E-state index is 9.18. The van der Waals surface area contributed by atoms with Crippen molar-refractivity contribution < 1.29 is 0 Å². The summed E-state index contributed by atoms with van der Waals surface area (Å²) in [6.07, 6.45) is 0.0360. The van der Waals surface area contributed by atoms with Gasteiger partial charge >= 0.3 is 0 Å². The van der Waals surface area contributed by atoms with Gasteiger partial charge in [0.1, 0.15) is 0 Å². The van der Waals surface area contributed by atoms with Crippen LogP contribution in [0.3, 0.4) is 0 Å². The lowest BCUT2D eigenvalue weighted by molar-refractivity contribution is 0.202. The number of likely N-dealkylation sites (N-methyl/N-ethyl adjacent to an activating group) is 2. The molecule has 0 saturated carbocycles. The minimum absolute atomic E-state index is 0.190. The molecule has 9 heteroatoms. The van der Waals surface area contributed by atoms with E-state index in [1.807, 2.05) is 10.9 Å². The normalized spacial score (nSPS) is 26.0. The van der Waals surface area contributed by atoms with Gasteiger partial charge in [0.25, 0.3) is 0 Å². The second-order valence-corrected chi connectivity index (χ2v) is 14.3. The summed E-state index contributed by atoms with van der Waals surface area (Å²) in [7, 11) is 2.16. The molecule has 5 rings (SSSR count). The molecule has 35 heavy (non-hydrogen) atoms. The number of fused-ring (bicyclic) bond motifs is 2. The van der Waals surface area contributed by atoms with Crippen LogP contribution in [0, 0.1) is 18.3 Å². The highest BCUT2D eigenvalue weighted by atomic mass is 32.4. The molecule has 2 aromatic rings. The minimum atomic E-state index is -2.41. The molecule has 3 aliphatic rings. The van der Waals surface area contributed by atoms with Crippen LogP contribution < -0.4 is 10.2 Å². The molecular formula is C26H34N7PS. The Balaban J connectivity index is 1.74. The van der Waals surface area contributed by atoms with Gasteiger partial charge in [-0.2, -0.15) is 10.4 Å². The fourth-order valence-electron chi connectivity index (χ4n) is 5.96. The molecule has 4 heterocycles. The van der Waals surface area contributed by atoms with Gasteiger partial charge in [0.05, 0.1) is 36.2 Å². The van der Waals surface area contributed by atoms with Crippen molar-refractivity contribution in [2.75, 3.05) is 44.7 Å². The van der Waals surface area contributed by atoms with E-state index in [0.717, 1.165) is 49.5 Å². The van der Waals surface area contributed by atoms with Crippen LogP contribution in [0.2, 0.25) is 0 Å². The number of benzene rings is 1. The van der Waals surface area contributed by atoms with Gasteiger partial charge in [-0.05, 0) is 25.1 Å². The quantitative estimate of drug-likeness (QED) is 0.581. The number of aryl methyl sites for hydroxylation is 2. The van der Waals surface area contributed by atoms with Crippen LogP contribution in [0.1, 0.15) is 38.4 Å². The number of piperazine rings is 1. The van der Waals surface area contributed by atoms with Gasteiger partial charge in [-0.1, -0.05) is 50.8 Å². The van der Waals surface area contributed by atoms with Gasteiger partial charge in [0.2, 0.25) is 0 Å². The van der Waals surface area contributed by atoms with Crippen molar-refractivity contribution in [3.63, 3.8) is 0 Å². The number of anilines is 1. The molecule has 1 unspecified atom stereocenters. The maximum Gasteiger partial charge on any atom is 0.160 e. The number of nitriles is 1. The van der Waals surface area contributed by atoms with E-state index in [9.17, 15) is 5.26 Å². The van der Waals surface area contributed by atoms with E-state index in [4.69, 9.17) is 21.9 Å². The molecule has 7 nitrogen and oxygen atoms in total. The molecule has 0 N–H and O–H groups in total. The zero-order chi connectivity index (χ0) is 25.0. The number of hydrogen-bond acceptors (Lipinski definition) is 6. The first-order valence-corrected chi connectivity index (χ1v) is 15.2. The third-order valence-corrected chi connectivity index (χ3v) is 12.9. The Bertz CT molecular complexity index is 1310. The van der Waals surface area contributed by atoms with E-state index in [2.05, 4.69) is 79.5 Å².